The van der Waals surface area contributed by atoms with E-state index in [1.54, 1.807) is 12.4 Å². The Balaban J connectivity index is 2.28. The highest BCUT2D eigenvalue weighted by molar-refractivity contribution is 6.30. The fourth-order valence-corrected chi connectivity index (χ4v) is 2.15. The molecule has 0 saturated heterocycles. The van der Waals surface area contributed by atoms with Crippen molar-refractivity contribution in [1.29, 1.82) is 0 Å². The number of halogens is 1. The molecule has 3 aromatic heterocycles. The van der Waals surface area contributed by atoms with Crippen LogP contribution in [0.25, 0.3) is 22.2 Å². The van der Waals surface area contributed by atoms with Gasteiger partial charge in [-0.2, -0.15) is 0 Å². The van der Waals surface area contributed by atoms with Crippen molar-refractivity contribution in [2.75, 3.05) is 0 Å². The van der Waals surface area contributed by atoms with Gasteiger partial charge in [0, 0.05) is 36.6 Å². The van der Waals surface area contributed by atoms with Gasteiger partial charge in [0.05, 0.1) is 11.2 Å². The minimum atomic E-state index is 0.511. The van der Waals surface area contributed by atoms with Gasteiger partial charge in [-0.15, -0.1) is 0 Å². The van der Waals surface area contributed by atoms with Crippen LogP contribution >= 0.6 is 11.6 Å². The summed E-state index contributed by atoms with van der Waals surface area (Å²) in [6.45, 7) is 0. The van der Waals surface area contributed by atoms with Gasteiger partial charge in [-0.1, -0.05) is 11.6 Å². The molecular formula is C13H10ClN3. The van der Waals surface area contributed by atoms with Crippen molar-refractivity contribution in [1.82, 2.24) is 14.5 Å². The molecule has 3 rings (SSSR count). The summed E-state index contributed by atoms with van der Waals surface area (Å²) in [5.74, 6) is 0. The third-order valence-electron chi connectivity index (χ3n) is 2.85. The van der Waals surface area contributed by atoms with Crippen molar-refractivity contribution in [2.24, 2.45) is 7.05 Å². The van der Waals surface area contributed by atoms with E-state index in [9.17, 15) is 0 Å². The lowest BCUT2D eigenvalue weighted by Gasteiger charge is -2.03. The smallest absolute Gasteiger partial charge is 0.131 e. The van der Waals surface area contributed by atoms with Crippen LogP contribution in [0.1, 0.15) is 0 Å². The van der Waals surface area contributed by atoms with E-state index in [0.29, 0.717) is 5.15 Å². The first-order valence-corrected chi connectivity index (χ1v) is 5.65. The zero-order valence-corrected chi connectivity index (χ0v) is 10.0. The van der Waals surface area contributed by atoms with Crippen molar-refractivity contribution in [2.45, 2.75) is 0 Å². The fraction of sp³-hybridized carbons (Fsp3) is 0.0769. The summed E-state index contributed by atoms with van der Waals surface area (Å²) < 4.78 is 2.10. The van der Waals surface area contributed by atoms with E-state index in [-0.39, 0.29) is 0 Å². The number of aryl methyl sites for hydroxylation is 1. The third kappa shape index (κ3) is 1.68. The highest BCUT2D eigenvalue weighted by atomic mass is 35.5. The number of hydrogen-bond acceptors (Lipinski definition) is 2. The molecule has 0 aromatic carbocycles. The molecule has 3 aromatic rings. The van der Waals surface area contributed by atoms with Crippen molar-refractivity contribution < 1.29 is 0 Å². The average Bonchev–Trinajstić information content (AvgIpc) is 2.68. The standard InChI is InChI=1S/C13H10ClN3/c1-17-11(9-3-2-4-15-7-9)5-10-8-16-13(14)6-12(10)17/h2-8H,1H3. The van der Waals surface area contributed by atoms with Gasteiger partial charge >= 0.3 is 0 Å². The van der Waals surface area contributed by atoms with E-state index in [1.165, 1.54) is 0 Å². The topological polar surface area (TPSA) is 30.7 Å². The van der Waals surface area contributed by atoms with E-state index in [1.807, 2.05) is 31.4 Å². The van der Waals surface area contributed by atoms with Crippen LogP contribution in [-0.4, -0.2) is 14.5 Å². The fourth-order valence-electron chi connectivity index (χ4n) is 2.00. The SMILES string of the molecule is Cn1c(-c2cccnc2)cc2cnc(Cl)cc21. The lowest BCUT2D eigenvalue weighted by molar-refractivity contribution is 0.975. The van der Waals surface area contributed by atoms with Crippen LogP contribution in [0.3, 0.4) is 0 Å². The summed E-state index contributed by atoms with van der Waals surface area (Å²) >= 11 is 5.91. The first-order chi connectivity index (χ1) is 8.25. The Morgan fingerprint density at radius 3 is 2.88 bits per heavy atom. The van der Waals surface area contributed by atoms with Crippen molar-refractivity contribution in [3.8, 4) is 11.3 Å². The molecule has 0 amide bonds. The number of rotatable bonds is 1. The maximum atomic E-state index is 5.91. The van der Waals surface area contributed by atoms with E-state index in [0.717, 1.165) is 22.2 Å². The Bertz CT molecular complexity index is 674. The quantitative estimate of drug-likeness (QED) is 0.614. The van der Waals surface area contributed by atoms with Gasteiger partial charge in [-0.25, -0.2) is 4.98 Å². The molecule has 0 bridgehead atoms. The number of hydrogen-bond donors (Lipinski definition) is 0. The van der Waals surface area contributed by atoms with Crippen LogP contribution < -0.4 is 0 Å². The Morgan fingerprint density at radius 2 is 2.12 bits per heavy atom. The summed E-state index contributed by atoms with van der Waals surface area (Å²) in [7, 11) is 2.01. The van der Waals surface area contributed by atoms with Crippen LogP contribution in [0.2, 0.25) is 5.15 Å². The van der Waals surface area contributed by atoms with Crippen LogP contribution in [-0.2, 0) is 7.05 Å². The molecule has 0 fully saturated rings. The van der Waals surface area contributed by atoms with E-state index in [2.05, 4.69) is 20.6 Å². The molecule has 0 aliphatic rings. The second kappa shape index (κ2) is 3.86. The zero-order valence-electron chi connectivity index (χ0n) is 9.26. The van der Waals surface area contributed by atoms with E-state index < -0.39 is 0 Å². The summed E-state index contributed by atoms with van der Waals surface area (Å²) in [6.07, 6.45) is 5.41. The van der Waals surface area contributed by atoms with Gasteiger partial charge in [0.25, 0.3) is 0 Å². The van der Waals surface area contributed by atoms with Gasteiger partial charge in [-0.3, -0.25) is 4.98 Å². The molecule has 0 aliphatic carbocycles. The molecule has 84 valence electrons. The molecule has 4 heteroatoms. The Morgan fingerprint density at radius 1 is 1.24 bits per heavy atom. The molecule has 0 spiro atoms. The predicted octanol–water partition coefficient (Wildman–Crippen LogP) is 3.29. The predicted molar refractivity (Wildman–Crippen MR) is 69.0 cm³/mol. The number of nitrogens with zero attached hydrogens (tertiary/aromatic N) is 3. The largest absolute Gasteiger partial charge is 0.343 e. The minimum absolute atomic E-state index is 0.511. The first-order valence-electron chi connectivity index (χ1n) is 5.27. The summed E-state index contributed by atoms with van der Waals surface area (Å²) in [5, 5.41) is 1.59. The molecule has 17 heavy (non-hydrogen) atoms. The molecule has 0 radical (unpaired) electrons. The minimum Gasteiger partial charge on any atom is -0.343 e. The van der Waals surface area contributed by atoms with Gasteiger partial charge in [0.1, 0.15) is 5.15 Å². The monoisotopic (exact) mass is 243 g/mol. The second-order valence-corrected chi connectivity index (χ2v) is 4.28. The highest BCUT2D eigenvalue weighted by Crippen LogP contribution is 2.27. The zero-order chi connectivity index (χ0) is 11.8. The van der Waals surface area contributed by atoms with Crippen molar-refractivity contribution in [3.63, 3.8) is 0 Å². The second-order valence-electron chi connectivity index (χ2n) is 3.90. The van der Waals surface area contributed by atoms with Crippen molar-refractivity contribution in [3.05, 3.63) is 48.0 Å². The summed E-state index contributed by atoms with van der Waals surface area (Å²) in [6, 6.07) is 7.93. The summed E-state index contributed by atoms with van der Waals surface area (Å²) in [5.41, 5.74) is 3.27. The van der Waals surface area contributed by atoms with Crippen LogP contribution in [0, 0.1) is 0 Å². The normalized spacial score (nSPS) is 10.9. The number of aromatic nitrogens is 3. The van der Waals surface area contributed by atoms with Crippen molar-refractivity contribution >= 4 is 22.5 Å². The van der Waals surface area contributed by atoms with Gasteiger partial charge in [0.15, 0.2) is 0 Å². The molecule has 0 atom stereocenters. The Labute approximate surface area is 104 Å². The molecule has 0 aliphatic heterocycles. The number of pyridine rings is 2. The van der Waals surface area contributed by atoms with Gasteiger partial charge in [0.2, 0.25) is 0 Å². The first kappa shape index (κ1) is 10.3. The molecular weight excluding hydrogens is 234 g/mol. The maximum Gasteiger partial charge on any atom is 0.131 e. The van der Waals surface area contributed by atoms with Crippen LogP contribution in [0.15, 0.2) is 42.9 Å². The Hall–Kier alpha value is -1.87. The maximum absolute atomic E-state index is 5.91. The molecule has 3 nitrogen and oxygen atoms in total. The van der Waals surface area contributed by atoms with Crippen LogP contribution in [0.4, 0.5) is 0 Å². The van der Waals surface area contributed by atoms with Crippen LogP contribution in [0.5, 0.6) is 0 Å². The van der Waals surface area contributed by atoms with Gasteiger partial charge < -0.3 is 4.57 Å². The Kier molecular flexibility index (Phi) is 2.34. The molecule has 0 unspecified atom stereocenters. The lowest BCUT2D eigenvalue weighted by atomic mass is 10.2. The highest BCUT2D eigenvalue weighted by Gasteiger charge is 2.08. The molecule has 0 N–H and O–H groups in total. The number of fused-ring (bicyclic) bond motifs is 1. The van der Waals surface area contributed by atoms with E-state index >= 15 is 0 Å². The van der Waals surface area contributed by atoms with Gasteiger partial charge in [-0.05, 0) is 24.3 Å². The molecule has 0 saturated carbocycles. The molecule has 3 heterocycles. The third-order valence-corrected chi connectivity index (χ3v) is 3.06. The average molecular weight is 244 g/mol. The summed E-state index contributed by atoms with van der Waals surface area (Å²) in [4.78, 5) is 8.23. The van der Waals surface area contributed by atoms with E-state index in [4.69, 9.17) is 11.6 Å². The lowest BCUT2D eigenvalue weighted by Crippen LogP contribution is -1.91.